The molecule has 1 aliphatic rings. The van der Waals surface area contributed by atoms with Gasteiger partial charge in [-0.2, -0.15) is 8.78 Å². The molecule has 1 aromatic carbocycles. The number of carbonyl (C=O) groups is 4. The number of hydrogen-bond donors (Lipinski definition) is 2. The van der Waals surface area contributed by atoms with Crippen LogP contribution in [0, 0.1) is 0 Å². The van der Waals surface area contributed by atoms with Crippen molar-refractivity contribution in [3.05, 3.63) is 24.3 Å². The fraction of sp³-hybridized carbons (Fsp3) is 0.412. The Hall–Kier alpha value is -2.69. The van der Waals surface area contributed by atoms with Crippen molar-refractivity contribution in [3.63, 3.8) is 0 Å². The summed E-state index contributed by atoms with van der Waals surface area (Å²) in [4.78, 5) is 48.8. The van der Waals surface area contributed by atoms with E-state index < -0.39 is 48.3 Å². The highest BCUT2D eigenvalue weighted by Crippen LogP contribution is 2.26. The molecular weight excluding hydrogens is 396 g/mol. The molecular formula is C17H19F2N3O5S. The number of benzene rings is 1. The molecule has 0 aromatic heterocycles. The summed E-state index contributed by atoms with van der Waals surface area (Å²) in [5.74, 6) is -4.65. The van der Waals surface area contributed by atoms with Gasteiger partial charge in [-0.15, -0.1) is 0 Å². The van der Waals surface area contributed by atoms with E-state index in [1.807, 2.05) is 0 Å². The summed E-state index contributed by atoms with van der Waals surface area (Å²) >= 11 is 0.377. The van der Waals surface area contributed by atoms with Gasteiger partial charge >= 0.3 is 12.0 Å². The Labute approximate surface area is 164 Å². The highest BCUT2D eigenvalue weighted by molar-refractivity contribution is 7.99. The van der Waals surface area contributed by atoms with Gasteiger partial charge in [0.15, 0.2) is 6.61 Å². The number of hydrogen-bond acceptors (Lipinski definition) is 6. The maximum atomic E-state index is 12.3. The first-order valence-electron chi connectivity index (χ1n) is 8.29. The van der Waals surface area contributed by atoms with Crippen LogP contribution in [0.15, 0.2) is 29.2 Å². The molecule has 1 saturated heterocycles. The summed E-state index contributed by atoms with van der Waals surface area (Å²) in [6.07, 6.45) is 0.361. The number of thioether (sulfide) groups is 1. The van der Waals surface area contributed by atoms with E-state index in [4.69, 9.17) is 4.74 Å². The third-order valence-electron chi connectivity index (χ3n) is 4.07. The summed E-state index contributed by atoms with van der Waals surface area (Å²) in [5, 5.41) is 4.94. The lowest BCUT2D eigenvalue weighted by molar-refractivity contribution is -0.150. The second kappa shape index (κ2) is 9.00. The van der Waals surface area contributed by atoms with E-state index in [9.17, 15) is 28.0 Å². The molecule has 0 spiro atoms. The van der Waals surface area contributed by atoms with Crippen molar-refractivity contribution in [1.82, 2.24) is 10.2 Å². The quantitative estimate of drug-likeness (QED) is 0.383. The molecule has 0 radical (unpaired) electrons. The van der Waals surface area contributed by atoms with Crippen LogP contribution in [-0.2, 0) is 19.1 Å². The number of urea groups is 1. The lowest BCUT2D eigenvalue weighted by Crippen LogP contribution is -2.43. The van der Waals surface area contributed by atoms with Gasteiger partial charge in [0, 0.05) is 10.6 Å². The van der Waals surface area contributed by atoms with Crippen molar-refractivity contribution in [2.45, 2.75) is 36.5 Å². The predicted molar refractivity (Wildman–Crippen MR) is 96.8 cm³/mol. The van der Waals surface area contributed by atoms with Crippen molar-refractivity contribution < 1.29 is 32.7 Å². The van der Waals surface area contributed by atoms with Crippen LogP contribution in [-0.4, -0.2) is 53.2 Å². The Morgan fingerprint density at radius 2 is 1.93 bits per heavy atom. The van der Waals surface area contributed by atoms with E-state index in [0.717, 1.165) is 4.90 Å². The highest BCUT2D eigenvalue weighted by atomic mass is 32.2. The van der Waals surface area contributed by atoms with E-state index in [0.29, 0.717) is 28.8 Å². The Morgan fingerprint density at radius 3 is 2.46 bits per heavy atom. The number of imide groups is 1. The average molecular weight is 415 g/mol. The number of amides is 4. The first-order valence-corrected chi connectivity index (χ1v) is 9.17. The molecule has 11 heteroatoms. The van der Waals surface area contributed by atoms with Gasteiger partial charge in [0.25, 0.3) is 17.6 Å². The SMILES string of the molecule is CC[C@]1(C)NC(=O)N(CC(=O)OCC(=O)Nc2ccc(SC(F)F)cc2)C1=O. The minimum atomic E-state index is -2.54. The smallest absolute Gasteiger partial charge is 0.326 e. The van der Waals surface area contributed by atoms with Gasteiger partial charge in [-0.25, -0.2) is 4.79 Å². The summed E-state index contributed by atoms with van der Waals surface area (Å²) in [6, 6.07) is 5.01. The van der Waals surface area contributed by atoms with Crippen molar-refractivity contribution in [1.29, 1.82) is 0 Å². The minimum Gasteiger partial charge on any atom is -0.454 e. The molecule has 2 N–H and O–H groups in total. The fourth-order valence-corrected chi connectivity index (χ4v) is 2.87. The molecule has 4 amide bonds. The predicted octanol–water partition coefficient (Wildman–Crippen LogP) is 2.20. The van der Waals surface area contributed by atoms with E-state index in [1.54, 1.807) is 13.8 Å². The van der Waals surface area contributed by atoms with Gasteiger partial charge in [0.2, 0.25) is 0 Å². The van der Waals surface area contributed by atoms with Crippen molar-refractivity contribution in [2.24, 2.45) is 0 Å². The number of ether oxygens (including phenoxy) is 1. The van der Waals surface area contributed by atoms with Crippen LogP contribution in [0.25, 0.3) is 0 Å². The maximum Gasteiger partial charge on any atom is 0.326 e. The summed E-state index contributed by atoms with van der Waals surface area (Å²) in [5.41, 5.74) is -0.726. The molecule has 0 saturated carbocycles. The zero-order chi connectivity index (χ0) is 20.9. The van der Waals surface area contributed by atoms with Crippen LogP contribution >= 0.6 is 11.8 Å². The Balaban J connectivity index is 1.80. The minimum absolute atomic E-state index is 0.340. The zero-order valence-electron chi connectivity index (χ0n) is 15.2. The molecule has 2 rings (SSSR count). The van der Waals surface area contributed by atoms with Crippen molar-refractivity contribution in [3.8, 4) is 0 Å². The molecule has 1 aromatic rings. The average Bonchev–Trinajstić information content (AvgIpc) is 2.85. The van der Waals surface area contributed by atoms with E-state index in [1.165, 1.54) is 24.3 Å². The zero-order valence-corrected chi connectivity index (χ0v) is 16.0. The Kier molecular flexibility index (Phi) is 6.95. The van der Waals surface area contributed by atoms with E-state index in [-0.39, 0.29) is 0 Å². The van der Waals surface area contributed by atoms with Gasteiger partial charge < -0.3 is 15.4 Å². The van der Waals surface area contributed by atoms with Gasteiger partial charge in [0.1, 0.15) is 12.1 Å². The second-order valence-electron chi connectivity index (χ2n) is 6.12. The van der Waals surface area contributed by atoms with Crippen molar-refractivity contribution in [2.75, 3.05) is 18.5 Å². The normalized spacial score (nSPS) is 19.0. The topological polar surface area (TPSA) is 105 Å². The lowest BCUT2D eigenvalue weighted by atomic mass is 9.99. The largest absolute Gasteiger partial charge is 0.454 e. The lowest BCUT2D eigenvalue weighted by Gasteiger charge is -2.18. The van der Waals surface area contributed by atoms with Crippen LogP contribution in [0.1, 0.15) is 20.3 Å². The van der Waals surface area contributed by atoms with E-state index >= 15 is 0 Å². The number of halogens is 2. The van der Waals surface area contributed by atoms with Gasteiger partial charge in [-0.05, 0) is 37.6 Å². The highest BCUT2D eigenvalue weighted by Gasteiger charge is 2.47. The molecule has 0 unspecified atom stereocenters. The summed E-state index contributed by atoms with van der Waals surface area (Å²) in [6.45, 7) is 2.05. The van der Waals surface area contributed by atoms with Gasteiger partial charge in [-0.3, -0.25) is 19.3 Å². The fourth-order valence-electron chi connectivity index (χ4n) is 2.37. The third-order valence-corrected chi connectivity index (χ3v) is 4.79. The van der Waals surface area contributed by atoms with Gasteiger partial charge in [-0.1, -0.05) is 18.7 Å². The van der Waals surface area contributed by atoms with E-state index in [2.05, 4.69) is 10.6 Å². The Bertz CT molecular complexity index is 775. The van der Waals surface area contributed by atoms with Crippen LogP contribution in [0.3, 0.4) is 0 Å². The van der Waals surface area contributed by atoms with Crippen molar-refractivity contribution >= 4 is 41.3 Å². The molecule has 28 heavy (non-hydrogen) atoms. The van der Waals surface area contributed by atoms with Crippen LogP contribution < -0.4 is 10.6 Å². The molecule has 0 bridgehead atoms. The Morgan fingerprint density at radius 1 is 1.29 bits per heavy atom. The summed E-state index contributed by atoms with van der Waals surface area (Å²) in [7, 11) is 0. The first kappa shape index (κ1) is 21.6. The van der Waals surface area contributed by atoms with Crippen LogP contribution in [0.5, 0.6) is 0 Å². The van der Waals surface area contributed by atoms with Gasteiger partial charge in [0.05, 0.1) is 0 Å². The number of nitrogens with zero attached hydrogens (tertiary/aromatic N) is 1. The maximum absolute atomic E-state index is 12.3. The number of esters is 1. The standard InChI is InChI=1S/C17H19F2N3O5S/c1-3-17(2)14(25)22(16(26)21-17)8-13(24)27-9-12(23)20-10-4-6-11(7-5-10)28-15(18)19/h4-7,15H,3,8-9H2,1-2H3,(H,20,23)(H,21,26)/t17-/m0/s1. The number of anilines is 1. The number of carbonyl (C=O) groups excluding carboxylic acids is 4. The molecule has 1 atom stereocenters. The van der Waals surface area contributed by atoms with Crippen LogP contribution in [0.4, 0.5) is 19.3 Å². The molecule has 152 valence electrons. The molecule has 1 fully saturated rings. The molecule has 1 aliphatic heterocycles. The molecule has 1 heterocycles. The first-order chi connectivity index (χ1) is 13.1. The third kappa shape index (κ3) is 5.41. The van der Waals surface area contributed by atoms with Crippen LogP contribution in [0.2, 0.25) is 0 Å². The number of alkyl halides is 2. The monoisotopic (exact) mass is 415 g/mol. The molecule has 8 nitrogen and oxygen atoms in total. The molecule has 0 aliphatic carbocycles. The number of nitrogens with one attached hydrogen (secondary N) is 2. The summed E-state index contributed by atoms with van der Waals surface area (Å²) < 4.78 is 29.3. The second-order valence-corrected chi connectivity index (χ2v) is 7.18. The number of rotatable bonds is 8.